The van der Waals surface area contributed by atoms with Crippen molar-refractivity contribution in [2.24, 2.45) is 0 Å². The molecule has 0 saturated carbocycles. The zero-order valence-electron chi connectivity index (χ0n) is 18.5. The van der Waals surface area contributed by atoms with Crippen LogP contribution in [0.5, 0.6) is 5.75 Å². The third-order valence-corrected chi connectivity index (χ3v) is 5.30. The normalized spacial score (nSPS) is 13.1. The average Bonchev–Trinajstić information content (AvgIpc) is 2.78. The van der Waals surface area contributed by atoms with E-state index in [0.29, 0.717) is 12.3 Å². The van der Waals surface area contributed by atoms with E-state index in [-0.39, 0.29) is 11.3 Å². The van der Waals surface area contributed by atoms with Gasteiger partial charge >= 0.3 is 0 Å². The molecule has 2 atom stereocenters. The Morgan fingerprint density at radius 2 is 1.52 bits per heavy atom. The van der Waals surface area contributed by atoms with Gasteiger partial charge in [0.05, 0.1) is 0 Å². The van der Waals surface area contributed by atoms with Crippen LogP contribution in [0.1, 0.15) is 43.4 Å². The van der Waals surface area contributed by atoms with E-state index in [2.05, 4.69) is 44.8 Å². The largest absolute Gasteiger partial charge is 0.485 e. The van der Waals surface area contributed by atoms with Gasteiger partial charge in [-0.2, -0.15) is 0 Å². The van der Waals surface area contributed by atoms with E-state index < -0.39 is 12.0 Å². The van der Waals surface area contributed by atoms with Crippen molar-refractivity contribution in [2.75, 3.05) is 0 Å². The Morgan fingerprint density at radius 3 is 2.06 bits per heavy atom. The molecule has 0 aliphatic heterocycles. The summed E-state index contributed by atoms with van der Waals surface area (Å²) in [5, 5.41) is 3.08. The highest BCUT2D eigenvalue weighted by atomic mass is 16.5. The van der Waals surface area contributed by atoms with E-state index >= 15 is 0 Å². The highest BCUT2D eigenvalue weighted by Crippen LogP contribution is 2.29. The first-order valence-corrected chi connectivity index (χ1v) is 10.6. The molecule has 160 valence electrons. The fourth-order valence-corrected chi connectivity index (χ4v) is 3.48. The molecule has 3 aromatic rings. The molecule has 0 bridgehead atoms. The van der Waals surface area contributed by atoms with Crippen LogP contribution < -0.4 is 10.1 Å². The molecule has 0 aromatic heterocycles. The van der Waals surface area contributed by atoms with E-state index in [4.69, 9.17) is 4.74 Å². The zero-order valence-corrected chi connectivity index (χ0v) is 18.5. The van der Waals surface area contributed by atoms with Crippen LogP contribution in [0, 0.1) is 0 Å². The van der Waals surface area contributed by atoms with Crippen LogP contribution in [0.4, 0.5) is 0 Å². The molecule has 0 aliphatic rings. The van der Waals surface area contributed by atoms with Crippen molar-refractivity contribution in [2.45, 2.75) is 44.8 Å². The Hall–Kier alpha value is -3.33. The van der Waals surface area contributed by atoms with Crippen LogP contribution >= 0.6 is 0 Å². The molecule has 1 N–H and O–H groups in total. The van der Waals surface area contributed by atoms with E-state index in [1.165, 1.54) is 5.56 Å². The molecule has 0 radical (unpaired) electrons. The minimum Gasteiger partial charge on any atom is -0.485 e. The SMILES string of the molecule is C=C[C@H](Oc1ccccc1)[C@H](C(=O)NCc1ccccc1)c1ccc(C(C)(C)C)cc1. The summed E-state index contributed by atoms with van der Waals surface area (Å²) in [6.07, 6.45) is 1.20. The standard InChI is InChI=1S/C28H31NO2/c1-5-25(31-24-14-10-7-11-15-24)26(22-16-18-23(19-17-22)28(2,3)4)27(30)29-20-21-12-8-6-9-13-21/h5-19,25-26H,1,20H2,2-4H3,(H,29,30)/t25-,26+/m0/s1. The lowest BCUT2D eigenvalue weighted by Gasteiger charge is -2.26. The topological polar surface area (TPSA) is 38.3 Å². The van der Waals surface area contributed by atoms with Gasteiger partial charge in [0.2, 0.25) is 5.91 Å². The van der Waals surface area contributed by atoms with Crippen LogP contribution in [0.2, 0.25) is 0 Å². The zero-order chi connectivity index (χ0) is 22.3. The van der Waals surface area contributed by atoms with Gasteiger partial charge in [-0.05, 0) is 34.2 Å². The van der Waals surface area contributed by atoms with Crippen LogP contribution in [-0.4, -0.2) is 12.0 Å². The summed E-state index contributed by atoms with van der Waals surface area (Å²) >= 11 is 0. The van der Waals surface area contributed by atoms with Crippen LogP contribution in [0.25, 0.3) is 0 Å². The molecule has 0 unspecified atom stereocenters. The first kappa shape index (κ1) is 22.4. The van der Waals surface area contributed by atoms with Crippen molar-refractivity contribution in [1.82, 2.24) is 5.32 Å². The Bertz CT molecular complexity index is 973. The predicted molar refractivity (Wildman–Crippen MR) is 127 cm³/mol. The Kier molecular flexibility index (Phi) is 7.30. The summed E-state index contributed by atoms with van der Waals surface area (Å²) in [7, 11) is 0. The summed E-state index contributed by atoms with van der Waals surface area (Å²) in [5.74, 6) is 0.100. The quantitative estimate of drug-likeness (QED) is 0.459. The summed E-state index contributed by atoms with van der Waals surface area (Å²) in [6.45, 7) is 11.0. The van der Waals surface area contributed by atoms with Crippen molar-refractivity contribution in [1.29, 1.82) is 0 Å². The molecule has 31 heavy (non-hydrogen) atoms. The molecule has 1 amide bonds. The summed E-state index contributed by atoms with van der Waals surface area (Å²) in [4.78, 5) is 13.4. The Labute approximate surface area is 185 Å². The minimum atomic E-state index is -0.518. The van der Waals surface area contributed by atoms with Gasteiger partial charge < -0.3 is 10.1 Å². The second kappa shape index (κ2) is 10.1. The molecule has 3 aromatic carbocycles. The lowest BCUT2D eigenvalue weighted by atomic mass is 9.84. The monoisotopic (exact) mass is 413 g/mol. The number of rotatable bonds is 8. The fourth-order valence-electron chi connectivity index (χ4n) is 3.48. The molecule has 3 rings (SSSR count). The van der Waals surface area contributed by atoms with E-state index in [9.17, 15) is 4.79 Å². The van der Waals surface area contributed by atoms with Crippen LogP contribution in [-0.2, 0) is 16.8 Å². The number of carbonyl (C=O) groups excluding carboxylic acids is 1. The maximum absolute atomic E-state index is 13.4. The number of benzene rings is 3. The first-order valence-electron chi connectivity index (χ1n) is 10.6. The maximum Gasteiger partial charge on any atom is 0.231 e. The number of amides is 1. The molecular formula is C28H31NO2. The third-order valence-electron chi connectivity index (χ3n) is 5.30. The highest BCUT2D eigenvalue weighted by molar-refractivity contribution is 5.84. The number of carbonyl (C=O) groups is 1. The van der Waals surface area contributed by atoms with Crippen molar-refractivity contribution in [3.8, 4) is 5.75 Å². The van der Waals surface area contributed by atoms with E-state index in [0.717, 1.165) is 11.1 Å². The van der Waals surface area contributed by atoms with Crippen molar-refractivity contribution < 1.29 is 9.53 Å². The number of ether oxygens (including phenoxy) is 1. The molecule has 0 spiro atoms. The molecule has 3 heteroatoms. The third kappa shape index (κ3) is 6.08. The minimum absolute atomic E-state index is 0.0436. The molecular weight excluding hydrogens is 382 g/mol. The van der Waals surface area contributed by atoms with Gasteiger partial charge in [0, 0.05) is 6.54 Å². The average molecular weight is 414 g/mol. The maximum atomic E-state index is 13.4. The van der Waals surface area contributed by atoms with Crippen LogP contribution in [0.3, 0.4) is 0 Å². The van der Waals surface area contributed by atoms with Gasteiger partial charge in [-0.15, -0.1) is 0 Å². The Morgan fingerprint density at radius 1 is 0.935 bits per heavy atom. The molecule has 0 saturated heterocycles. The van der Waals surface area contributed by atoms with Gasteiger partial charge in [-0.1, -0.05) is 106 Å². The number of para-hydroxylation sites is 1. The smallest absolute Gasteiger partial charge is 0.231 e. The van der Waals surface area contributed by atoms with Gasteiger partial charge in [0.25, 0.3) is 0 Å². The highest BCUT2D eigenvalue weighted by Gasteiger charge is 2.30. The van der Waals surface area contributed by atoms with Crippen molar-refractivity contribution >= 4 is 5.91 Å². The van der Waals surface area contributed by atoms with Gasteiger partial charge in [0.1, 0.15) is 17.8 Å². The fraction of sp³-hybridized carbons (Fsp3) is 0.250. The second-order valence-electron chi connectivity index (χ2n) is 8.68. The summed E-state index contributed by atoms with van der Waals surface area (Å²) in [6, 6.07) is 27.7. The number of nitrogens with one attached hydrogen (secondary N) is 1. The predicted octanol–water partition coefficient (Wildman–Crippen LogP) is 6.02. The second-order valence-corrected chi connectivity index (χ2v) is 8.68. The van der Waals surface area contributed by atoms with E-state index in [1.54, 1.807) is 6.08 Å². The summed E-state index contributed by atoms with van der Waals surface area (Å²) in [5.41, 5.74) is 3.22. The lowest BCUT2D eigenvalue weighted by Crippen LogP contribution is -2.37. The Balaban J connectivity index is 1.88. The van der Waals surface area contributed by atoms with Crippen molar-refractivity contribution in [3.63, 3.8) is 0 Å². The molecule has 0 aliphatic carbocycles. The molecule has 0 fully saturated rings. The van der Waals surface area contributed by atoms with Gasteiger partial charge in [-0.25, -0.2) is 0 Å². The lowest BCUT2D eigenvalue weighted by molar-refractivity contribution is -0.124. The molecule has 3 nitrogen and oxygen atoms in total. The summed E-state index contributed by atoms with van der Waals surface area (Å²) < 4.78 is 6.17. The molecule has 0 heterocycles. The van der Waals surface area contributed by atoms with Gasteiger partial charge in [0.15, 0.2) is 0 Å². The van der Waals surface area contributed by atoms with Gasteiger partial charge in [-0.3, -0.25) is 4.79 Å². The van der Waals surface area contributed by atoms with Crippen molar-refractivity contribution in [3.05, 3.63) is 114 Å². The number of hydrogen-bond acceptors (Lipinski definition) is 2. The number of hydrogen-bond donors (Lipinski definition) is 1. The van der Waals surface area contributed by atoms with Crippen LogP contribution in [0.15, 0.2) is 97.6 Å². The first-order chi connectivity index (χ1) is 14.9. The van der Waals surface area contributed by atoms with E-state index in [1.807, 2.05) is 72.8 Å².